The summed E-state index contributed by atoms with van der Waals surface area (Å²) in [6, 6.07) is 4.55. The number of carbonyl (C=O) groups excluding carboxylic acids is 1. The highest BCUT2D eigenvalue weighted by molar-refractivity contribution is 6.10. The Morgan fingerprint density at radius 1 is 1.37 bits per heavy atom. The molecule has 0 radical (unpaired) electrons. The minimum absolute atomic E-state index is 0.319. The number of halogens is 2. The van der Waals surface area contributed by atoms with Crippen molar-refractivity contribution in [3.8, 4) is 12.1 Å². The molecular weight excluding hydrogens is 258 g/mol. The maximum atomic E-state index is 13.5. The summed E-state index contributed by atoms with van der Waals surface area (Å²) in [7, 11) is 1.06. The summed E-state index contributed by atoms with van der Waals surface area (Å²) in [6.45, 7) is 0. The standard InChI is InChI=1S/C11H6F2N4O2/c1-19-11(18)7-2-3-8(12)9(13)10(7)17-16-6(4-14)5-15/h2-3,17H,1H3. The summed E-state index contributed by atoms with van der Waals surface area (Å²) < 4.78 is 31.0. The highest BCUT2D eigenvalue weighted by atomic mass is 19.2. The lowest BCUT2D eigenvalue weighted by atomic mass is 10.1. The van der Waals surface area contributed by atoms with E-state index < -0.39 is 29.0 Å². The molecule has 0 spiro atoms. The summed E-state index contributed by atoms with van der Waals surface area (Å²) in [6.07, 6.45) is 0. The highest BCUT2D eigenvalue weighted by Gasteiger charge is 2.19. The molecule has 0 amide bonds. The molecule has 0 aromatic heterocycles. The summed E-state index contributed by atoms with van der Waals surface area (Å²) in [5, 5.41) is 20.1. The van der Waals surface area contributed by atoms with Gasteiger partial charge in [0.2, 0.25) is 5.71 Å². The molecule has 0 unspecified atom stereocenters. The average molecular weight is 264 g/mol. The first-order chi connectivity index (χ1) is 9.04. The molecule has 8 heteroatoms. The molecule has 1 rings (SSSR count). The van der Waals surface area contributed by atoms with Gasteiger partial charge in [-0.15, -0.1) is 0 Å². The van der Waals surface area contributed by atoms with E-state index in [4.69, 9.17) is 10.5 Å². The zero-order valence-electron chi connectivity index (χ0n) is 9.57. The van der Waals surface area contributed by atoms with Crippen molar-refractivity contribution in [2.75, 3.05) is 12.5 Å². The Balaban J connectivity index is 3.29. The fraction of sp³-hybridized carbons (Fsp3) is 0.0909. The fourth-order valence-electron chi connectivity index (χ4n) is 1.13. The molecule has 1 aromatic carbocycles. The van der Waals surface area contributed by atoms with Gasteiger partial charge >= 0.3 is 5.97 Å². The molecule has 0 atom stereocenters. The molecule has 0 aliphatic heterocycles. The van der Waals surface area contributed by atoms with E-state index in [-0.39, 0.29) is 5.56 Å². The van der Waals surface area contributed by atoms with Gasteiger partial charge in [-0.3, -0.25) is 5.43 Å². The average Bonchev–Trinajstić information content (AvgIpc) is 2.43. The number of esters is 1. The number of ether oxygens (including phenoxy) is 1. The van der Waals surface area contributed by atoms with Crippen LogP contribution in [-0.2, 0) is 4.74 Å². The van der Waals surface area contributed by atoms with Crippen molar-refractivity contribution in [2.45, 2.75) is 0 Å². The van der Waals surface area contributed by atoms with E-state index in [1.807, 2.05) is 5.43 Å². The Kier molecular flexibility index (Phi) is 4.50. The van der Waals surface area contributed by atoms with Crippen molar-refractivity contribution in [3.63, 3.8) is 0 Å². The van der Waals surface area contributed by atoms with Crippen molar-refractivity contribution in [1.82, 2.24) is 0 Å². The van der Waals surface area contributed by atoms with Crippen LogP contribution in [0, 0.1) is 34.3 Å². The lowest BCUT2D eigenvalue weighted by molar-refractivity contribution is 0.0601. The highest BCUT2D eigenvalue weighted by Crippen LogP contribution is 2.23. The molecule has 1 aromatic rings. The van der Waals surface area contributed by atoms with Crippen molar-refractivity contribution < 1.29 is 18.3 Å². The molecule has 0 saturated carbocycles. The third-order valence-electron chi connectivity index (χ3n) is 1.99. The SMILES string of the molecule is COC(=O)c1ccc(F)c(F)c1NN=C(C#N)C#N. The predicted octanol–water partition coefficient (Wildman–Crippen LogP) is 1.57. The van der Waals surface area contributed by atoms with Crippen LogP contribution >= 0.6 is 0 Å². The van der Waals surface area contributed by atoms with E-state index in [0.717, 1.165) is 19.2 Å². The van der Waals surface area contributed by atoms with Gasteiger partial charge in [0.05, 0.1) is 12.7 Å². The second kappa shape index (κ2) is 6.07. The minimum Gasteiger partial charge on any atom is -0.465 e. The summed E-state index contributed by atoms with van der Waals surface area (Å²) in [5.41, 5.74) is 0.420. The van der Waals surface area contributed by atoms with E-state index in [1.54, 1.807) is 0 Å². The fourth-order valence-corrected chi connectivity index (χ4v) is 1.13. The molecule has 0 fully saturated rings. The Morgan fingerprint density at radius 2 is 2.00 bits per heavy atom. The van der Waals surface area contributed by atoms with Crippen LogP contribution in [0.4, 0.5) is 14.5 Å². The van der Waals surface area contributed by atoms with E-state index in [1.165, 1.54) is 12.1 Å². The zero-order valence-corrected chi connectivity index (χ0v) is 9.57. The summed E-state index contributed by atoms with van der Waals surface area (Å²) in [5.74, 6) is -3.52. The van der Waals surface area contributed by atoms with Crippen molar-refractivity contribution in [3.05, 3.63) is 29.3 Å². The molecule has 19 heavy (non-hydrogen) atoms. The molecule has 0 aliphatic carbocycles. The molecule has 0 bridgehead atoms. The van der Waals surface area contributed by atoms with Crippen LogP contribution in [0.3, 0.4) is 0 Å². The van der Waals surface area contributed by atoms with Crippen LogP contribution < -0.4 is 5.43 Å². The Hall–Kier alpha value is -3.00. The molecular formula is C11H6F2N4O2. The number of methoxy groups -OCH3 is 1. The van der Waals surface area contributed by atoms with Crippen LogP contribution in [0.5, 0.6) is 0 Å². The third kappa shape index (κ3) is 3.01. The number of nitrogens with zero attached hydrogens (tertiary/aromatic N) is 3. The maximum absolute atomic E-state index is 13.5. The number of hydrogen-bond donors (Lipinski definition) is 1. The molecule has 1 N–H and O–H groups in total. The topological polar surface area (TPSA) is 98.3 Å². The van der Waals surface area contributed by atoms with E-state index in [2.05, 4.69) is 9.84 Å². The lowest BCUT2D eigenvalue weighted by Gasteiger charge is -2.08. The Morgan fingerprint density at radius 3 is 2.53 bits per heavy atom. The van der Waals surface area contributed by atoms with Gasteiger partial charge in [-0.2, -0.15) is 15.6 Å². The number of hydrogen-bond acceptors (Lipinski definition) is 6. The number of anilines is 1. The molecule has 0 saturated heterocycles. The second-order valence-electron chi connectivity index (χ2n) is 3.07. The number of nitriles is 2. The normalized spacial score (nSPS) is 8.89. The van der Waals surface area contributed by atoms with Crippen LogP contribution in [0.15, 0.2) is 17.2 Å². The molecule has 6 nitrogen and oxygen atoms in total. The largest absolute Gasteiger partial charge is 0.465 e. The molecule has 0 heterocycles. The molecule has 96 valence electrons. The van der Waals surface area contributed by atoms with Gasteiger partial charge in [-0.25, -0.2) is 13.6 Å². The number of rotatable bonds is 3. The Labute approximate surface area is 106 Å². The minimum atomic E-state index is -1.37. The predicted molar refractivity (Wildman–Crippen MR) is 60.0 cm³/mol. The first-order valence-corrected chi connectivity index (χ1v) is 4.75. The molecule has 0 aliphatic rings. The summed E-state index contributed by atoms with van der Waals surface area (Å²) >= 11 is 0. The second-order valence-corrected chi connectivity index (χ2v) is 3.07. The van der Waals surface area contributed by atoms with Gasteiger partial charge in [0.25, 0.3) is 0 Å². The van der Waals surface area contributed by atoms with Gasteiger partial charge in [0, 0.05) is 0 Å². The van der Waals surface area contributed by atoms with E-state index in [9.17, 15) is 13.6 Å². The smallest absolute Gasteiger partial charge is 0.340 e. The van der Waals surface area contributed by atoms with Crippen molar-refractivity contribution >= 4 is 17.4 Å². The van der Waals surface area contributed by atoms with Gasteiger partial charge in [-0.05, 0) is 12.1 Å². The van der Waals surface area contributed by atoms with Crippen LogP contribution in [0.2, 0.25) is 0 Å². The number of benzene rings is 1. The van der Waals surface area contributed by atoms with Crippen LogP contribution in [0.25, 0.3) is 0 Å². The first kappa shape index (κ1) is 14.1. The quantitative estimate of drug-likeness (QED) is 0.507. The van der Waals surface area contributed by atoms with Crippen molar-refractivity contribution in [1.29, 1.82) is 10.5 Å². The maximum Gasteiger partial charge on any atom is 0.340 e. The third-order valence-corrected chi connectivity index (χ3v) is 1.99. The van der Waals surface area contributed by atoms with Crippen LogP contribution in [-0.4, -0.2) is 18.8 Å². The summed E-state index contributed by atoms with van der Waals surface area (Å²) in [4.78, 5) is 11.4. The first-order valence-electron chi connectivity index (χ1n) is 4.75. The van der Waals surface area contributed by atoms with Gasteiger partial charge < -0.3 is 4.74 Å². The number of carbonyl (C=O) groups is 1. The van der Waals surface area contributed by atoms with Crippen molar-refractivity contribution in [2.24, 2.45) is 5.10 Å². The van der Waals surface area contributed by atoms with Gasteiger partial charge in [0.1, 0.15) is 17.8 Å². The van der Waals surface area contributed by atoms with E-state index in [0.29, 0.717) is 0 Å². The van der Waals surface area contributed by atoms with E-state index >= 15 is 0 Å². The number of nitrogens with one attached hydrogen (secondary N) is 1. The monoisotopic (exact) mass is 264 g/mol. The zero-order chi connectivity index (χ0) is 14.4. The van der Waals surface area contributed by atoms with Gasteiger partial charge in [0.15, 0.2) is 11.6 Å². The number of hydrazone groups is 1. The van der Waals surface area contributed by atoms with Crippen LogP contribution in [0.1, 0.15) is 10.4 Å². The lowest BCUT2D eigenvalue weighted by Crippen LogP contribution is -2.09. The van der Waals surface area contributed by atoms with Gasteiger partial charge in [-0.1, -0.05) is 0 Å². The Bertz CT molecular complexity index is 613.